The molecule has 0 unspecified atom stereocenters. The molecule has 10 heteroatoms. The van der Waals surface area contributed by atoms with E-state index in [1.54, 1.807) is 0 Å². The molecule has 3 heterocycles. The van der Waals surface area contributed by atoms with Crippen molar-refractivity contribution in [2.75, 3.05) is 0 Å². The summed E-state index contributed by atoms with van der Waals surface area (Å²) in [6.07, 6.45) is 1.46. The van der Waals surface area contributed by atoms with Gasteiger partial charge in [-0.3, -0.25) is 4.68 Å². The lowest BCUT2D eigenvalue weighted by molar-refractivity contribution is 0.422. The van der Waals surface area contributed by atoms with E-state index in [0.717, 1.165) is 4.88 Å². The average molecular weight is 353 g/mol. The van der Waals surface area contributed by atoms with Crippen LogP contribution < -0.4 is 4.72 Å². The molecule has 0 aliphatic rings. The van der Waals surface area contributed by atoms with E-state index < -0.39 is 10.0 Å². The van der Waals surface area contributed by atoms with Crippen LogP contribution >= 0.6 is 11.3 Å². The molecule has 3 aromatic rings. The first-order valence-electron chi connectivity index (χ1n) is 6.87. The molecule has 1 N–H and O–H groups in total. The van der Waals surface area contributed by atoms with Gasteiger partial charge in [-0.15, -0.1) is 11.3 Å². The number of hydrogen-bond donors (Lipinski definition) is 1. The summed E-state index contributed by atoms with van der Waals surface area (Å²) in [5, 5.41) is 9.81. The van der Waals surface area contributed by atoms with E-state index in [2.05, 4.69) is 20.0 Å². The van der Waals surface area contributed by atoms with Crippen LogP contribution in [0.5, 0.6) is 0 Å². The smallest absolute Gasteiger partial charge is 0.268 e. The van der Waals surface area contributed by atoms with Gasteiger partial charge in [0.05, 0.1) is 17.6 Å². The molecule has 0 saturated heterocycles. The summed E-state index contributed by atoms with van der Waals surface area (Å²) in [4.78, 5) is 5.02. The first kappa shape index (κ1) is 15.8. The minimum atomic E-state index is -3.70. The second kappa shape index (κ2) is 6.22. The highest BCUT2D eigenvalue weighted by molar-refractivity contribution is 7.89. The first-order chi connectivity index (χ1) is 11.0. The maximum atomic E-state index is 12.4. The summed E-state index contributed by atoms with van der Waals surface area (Å²) in [7, 11) is -3.70. The molecule has 3 aromatic heterocycles. The van der Waals surface area contributed by atoms with Crippen molar-refractivity contribution < 1.29 is 12.9 Å². The van der Waals surface area contributed by atoms with Crippen LogP contribution in [0.25, 0.3) is 10.8 Å². The Morgan fingerprint density at radius 2 is 2.22 bits per heavy atom. The Bertz CT molecular complexity index is 881. The largest absolute Gasteiger partial charge is 0.333 e. The highest BCUT2D eigenvalue weighted by Gasteiger charge is 2.21. The van der Waals surface area contributed by atoms with Gasteiger partial charge in [0.15, 0.2) is 10.9 Å². The van der Waals surface area contributed by atoms with E-state index in [1.807, 2.05) is 31.4 Å². The van der Waals surface area contributed by atoms with Gasteiger partial charge in [0.1, 0.15) is 0 Å². The Kier molecular flexibility index (Phi) is 4.28. The van der Waals surface area contributed by atoms with Crippen molar-refractivity contribution in [2.24, 2.45) is 0 Å². The zero-order chi connectivity index (χ0) is 16.4. The van der Waals surface area contributed by atoms with Gasteiger partial charge in [-0.05, 0) is 31.4 Å². The summed E-state index contributed by atoms with van der Waals surface area (Å²) in [6, 6.07) is 5.12. The van der Waals surface area contributed by atoms with Crippen molar-refractivity contribution in [3.8, 4) is 10.8 Å². The van der Waals surface area contributed by atoms with Gasteiger partial charge >= 0.3 is 0 Å². The van der Waals surface area contributed by atoms with E-state index in [-0.39, 0.29) is 23.4 Å². The summed E-state index contributed by atoms with van der Waals surface area (Å²) >= 11 is 1.47. The molecule has 0 saturated carbocycles. The summed E-state index contributed by atoms with van der Waals surface area (Å²) in [5.41, 5.74) is 0. The Hall–Kier alpha value is -2.04. The van der Waals surface area contributed by atoms with Crippen molar-refractivity contribution in [3.63, 3.8) is 0 Å². The lowest BCUT2D eigenvalue weighted by atomic mass is 10.4. The molecule has 0 aliphatic heterocycles. The lowest BCUT2D eigenvalue weighted by Gasteiger charge is -2.11. The van der Waals surface area contributed by atoms with Gasteiger partial charge in [-0.25, -0.2) is 13.1 Å². The highest BCUT2D eigenvalue weighted by atomic mass is 32.2. The fourth-order valence-electron chi connectivity index (χ4n) is 1.96. The molecule has 0 radical (unpaired) electrons. The zero-order valence-electron chi connectivity index (χ0n) is 12.5. The van der Waals surface area contributed by atoms with Crippen molar-refractivity contribution in [3.05, 3.63) is 35.6 Å². The maximum absolute atomic E-state index is 12.4. The number of rotatable bonds is 6. The number of nitrogens with one attached hydrogen (secondary N) is 1. The summed E-state index contributed by atoms with van der Waals surface area (Å²) in [6.45, 7) is 3.66. The number of nitrogens with zero attached hydrogens (tertiary/aromatic N) is 4. The minimum Gasteiger partial charge on any atom is -0.333 e. The molecule has 23 heavy (non-hydrogen) atoms. The van der Waals surface area contributed by atoms with Gasteiger partial charge in [0, 0.05) is 6.04 Å². The Morgan fingerprint density at radius 1 is 1.39 bits per heavy atom. The highest BCUT2D eigenvalue weighted by Crippen LogP contribution is 2.22. The van der Waals surface area contributed by atoms with Gasteiger partial charge in [-0.2, -0.15) is 10.1 Å². The summed E-state index contributed by atoms with van der Waals surface area (Å²) < 4.78 is 33.8. The predicted molar refractivity (Wildman–Crippen MR) is 84.2 cm³/mol. The van der Waals surface area contributed by atoms with Gasteiger partial charge in [0.25, 0.3) is 15.9 Å². The molecule has 0 atom stereocenters. The number of sulfonamides is 1. The number of hydrogen-bond acceptors (Lipinski definition) is 7. The number of thiophene rings is 1. The molecule has 8 nitrogen and oxygen atoms in total. The molecule has 3 rings (SSSR count). The molecule has 0 fully saturated rings. The second-order valence-electron chi connectivity index (χ2n) is 5.03. The van der Waals surface area contributed by atoms with E-state index >= 15 is 0 Å². The van der Waals surface area contributed by atoms with Crippen LogP contribution in [0, 0.1) is 0 Å². The molecule has 0 aliphatic carbocycles. The fraction of sp³-hybridized carbons (Fsp3) is 0.308. The molecule has 0 spiro atoms. The van der Waals surface area contributed by atoms with Crippen molar-refractivity contribution >= 4 is 21.4 Å². The third-order valence-corrected chi connectivity index (χ3v) is 5.27. The normalized spacial score (nSPS) is 12.1. The van der Waals surface area contributed by atoms with Gasteiger partial charge in [0.2, 0.25) is 0 Å². The quantitative estimate of drug-likeness (QED) is 0.727. The van der Waals surface area contributed by atoms with Gasteiger partial charge in [-0.1, -0.05) is 11.2 Å². The van der Waals surface area contributed by atoms with E-state index in [0.29, 0.717) is 5.89 Å². The first-order valence-corrected chi connectivity index (χ1v) is 9.23. The monoisotopic (exact) mass is 353 g/mol. The Morgan fingerprint density at radius 3 is 2.91 bits per heavy atom. The zero-order valence-corrected chi connectivity index (χ0v) is 14.1. The minimum absolute atomic E-state index is 0.0551. The Labute approximate surface area is 137 Å². The molecule has 0 bridgehead atoms. The van der Waals surface area contributed by atoms with Crippen molar-refractivity contribution in [1.82, 2.24) is 24.6 Å². The number of aromatic nitrogens is 4. The molecular weight excluding hydrogens is 338 g/mol. The average Bonchev–Trinajstić information content (AvgIpc) is 3.23. The lowest BCUT2D eigenvalue weighted by Crippen LogP contribution is -2.27. The second-order valence-corrected chi connectivity index (χ2v) is 7.69. The van der Waals surface area contributed by atoms with Crippen LogP contribution in [0.3, 0.4) is 0 Å². The standard InChI is InChI=1S/C13H15N5O3S2/c1-9(2)18-12(5-6-14-18)23(19,20)15-8-11-16-13(21-17-11)10-4-3-7-22-10/h3-7,9,15H,8H2,1-2H3. The van der Waals surface area contributed by atoms with Crippen molar-refractivity contribution in [1.29, 1.82) is 0 Å². The topological polar surface area (TPSA) is 103 Å². The summed E-state index contributed by atoms with van der Waals surface area (Å²) in [5.74, 6) is 0.647. The predicted octanol–water partition coefficient (Wildman–Crippen LogP) is 2.05. The SMILES string of the molecule is CC(C)n1nccc1S(=O)(=O)NCc1noc(-c2cccs2)n1. The van der Waals surface area contributed by atoms with Crippen LogP contribution in [0.1, 0.15) is 25.7 Å². The van der Waals surface area contributed by atoms with E-state index in [9.17, 15) is 8.42 Å². The van der Waals surface area contributed by atoms with Crippen LogP contribution in [0.2, 0.25) is 0 Å². The van der Waals surface area contributed by atoms with E-state index in [1.165, 1.54) is 28.3 Å². The van der Waals surface area contributed by atoms with E-state index in [4.69, 9.17) is 4.52 Å². The third kappa shape index (κ3) is 3.33. The fourth-order valence-corrected chi connectivity index (χ4v) is 3.82. The van der Waals surface area contributed by atoms with Crippen LogP contribution in [-0.2, 0) is 16.6 Å². The Balaban J connectivity index is 1.74. The van der Waals surface area contributed by atoms with Crippen LogP contribution in [-0.4, -0.2) is 28.3 Å². The van der Waals surface area contributed by atoms with Crippen LogP contribution in [0.4, 0.5) is 0 Å². The van der Waals surface area contributed by atoms with Crippen LogP contribution in [0.15, 0.2) is 39.3 Å². The van der Waals surface area contributed by atoms with Gasteiger partial charge < -0.3 is 4.52 Å². The maximum Gasteiger partial charge on any atom is 0.268 e. The molecular formula is C13H15N5O3S2. The van der Waals surface area contributed by atoms with Crippen molar-refractivity contribution in [2.45, 2.75) is 31.5 Å². The third-order valence-electron chi connectivity index (χ3n) is 3.02. The molecule has 0 aromatic carbocycles. The molecule has 0 amide bonds. The molecule has 122 valence electrons.